The van der Waals surface area contributed by atoms with E-state index < -0.39 is 0 Å². The van der Waals surface area contributed by atoms with Crippen LogP contribution in [0, 0.1) is 5.82 Å². The molecule has 110 valence electrons. The van der Waals surface area contributed by atoms with Crippen molar-refractivity contribution in [1.29, 1.82) is 0 Å². The van der Waals surface area contributed by atoms with Crippen molar-refractivity contribution in [1.82, 2.24) is 5.32 Å². The van der Waals surface area contributed by atoms with Crippen molar-refractivity contribution in [2.45, 2.75) is 18.6 Å². The minimum absolute atomic E-state index is 0.0101. The van der Waals surface area contributed by atoms with E-state index >= 15 is 0 Å². The van der Waals surface area contributed by atoms with Crippen LogP contribution in [-0.2, 0) is 14.3 Å². The van der Waals surface area contributed by atoms with Crippen LogP contribution in [0.5, 0.6) is 0 Å². The van der Waals surface area contributed by atoms with E-state index in [1.165, 1.54) is 12.1 Å². The molecular formula is C14H17BrFNO3. The Hall–Kier alpha value is -0.980. The number of carbonyl (C=O) groups is 1. The summed E-state index contributed by atoms with van der Waals surface area (Å²) < 4.78 is 24.5. The van der Waals surface area contributed by atoms with Crippen LogP contribution in [0.1, 0.15) is 18.1 Å². The van der Waals surface area contributed by atoms with Crippen molar-refractivity contribution in [3.05, 3.63) is 35.6 Å². The number of amides is 1. The summed E-state index contributed by atoms with van der Waals surface area (Å²) in [5.74, 6) is -0.441. The highest BCUT2D eigenvalue weighted by Gasteiger charge is 2.23. The molecular weight excluding hydrogens is 329 g/mol. The monoisotopic (exact) mass is 345 g/mol. The zero-order valence-corrected chi connectivity index (χ0v) is 12.6. The first kappa shape index (κ1) is 15.4. The van der Waals surface area contributed by atoms with Crippen LogP contribution in [0.15, 0.2) is 24.3 Å². The highest BCUT2D eigenvalue weighted by molar-refractivity contribution is 9.09. The van der Waals surface area contributed by atoms with Gasteiger partial charge in [0.25, 0.3) is 0 Å². The first-order valence-corrected chi connectivity index (χ1v) is 7.62. The molecule has 1 heterocycles. The Morgan fingerprint density at radius 2 is 2.45 bits per heavy atom. The lowest BCUT2D eigenvalue weighted by Gasteiger charge is -2.22. The highest BCUT2D eigenvalue weighted by atomic mass is 79.9. The SMILES string of the molecule is O=C(CBr)NC[C@@H](O[C@H]1CCOC1)c1cccc(F)c1. The molecule has 1 amide bonds. The number of alkyl halides is 1. The van der Waals surface area contributed by atoms with E-state index in [9.17, 15) is 9.18 Å². The van der Waals surface area contributed by atoms with Crippen molar-refractivity contribution < 1.29 is 18.7 Å². The molecule has 1 aliphatic heterocycles. The third-order valence-corrected chi connectivity index (χ3v) is 3.58. The predicted octanol–water partition coefficient (Wildman–Crippen LogP) is 2.18. The Kier molecular flexibility index (Phi) is 5.94. The van der Waals surface area contributed by atoms with E-state index in [1.54, 1.807) is 12.1 Å². The maximum Gasteiger partial charge on any atom is 0.230 e. The minimum Gasteiger partial charge on any atom is -0.379 e. The molecule has 6 heteroatoms. The molecule has 0 aliphatic carbocycles. The van der Waals surface area contributed by atoms with Crippen LogP contribution in [0.25, 0.3) is 0 Å². The summed E-state index contributed by atoms with van der Waals surface area (Å²) in [6.07, 6.45) is 0.433. The second-order valence-electron chi connectivity index (χ2n) is 4.60. The number of benzene rings is 1. The Labute approximate surface area is 125 Å². The van der Waals surface area contributed by atoms with Crippen LogP contribution in [-0.4, -0.2) is 37.1 Å². The maximum absolute atomic E-state index is 13.3. The van der Waals surface area contributed by atoms with Crippen molar-refractivity contribution in [2.24, 2.45) is 0 Å². The van der Waals surface area contributed by atoms with Gasteiger partial charge in [-0.2, -0.15) is 0 Å². The standard InChI is InChI=1S/C14H17BrFNO3/c15-7-14(18)17-8-13(20-12-4-5-19-9-12)10-2-1-3-11(16)6-10/h1-3,6,12-13H,4-5,7-9H2,(H,17,18)/t12-,13+/m0/s1. The lowest BCUT2D eigenvalue weighted by atomic mass is 10.1. The second kappa shape index (κ2) is 7.71. The lowest BCUT2D eigenvalue weighted by Crippen LogP contribution is -2.32. The fraction of sp³-hybridized carbons (Fsp3) is 0.500. The number of nitrogens with one attached hydrogen (secondary N) is 1. The number of rotatable bonds is 6. The van der Waals surface area contributed by atoms with Gasteiger partial charge in [0.1, 0.15) is 11.9 Å². The van der Waals surface area contributed by atoms with Gasteiger partial charge in [0.2, 0.25) is 5.91 Å². The van der Waals surface area contributed by atoms with Gasteiger partial charge in [0.05, 0.1) is 18.0 Å². The number of carbonyl (C=O) groups excluding carboxylic acids is 1. The molecule has 0 spiro atoms. The summed E-state index contributed by atoms with van der Waals surface area (Å²) in [7, 11) is 0. The molecule has 0 saturated carbocycles. The normalized spacial score (nSPS) is 19.8. The molecule has 4 nitrogen and oxygen atoms in total. The molecule has 2 atom stereocenters. The van der Waals surface area contributed by atoms with Gasteiger partial charge < -0.3 is 14.8 Å². The van der Waals surface area contributed by atoms with Crippen LogP contribution in [0.2, 0.25) is 0 Å². The smallest absolute Gasteiger partial charge is 0.230 e. The van der Waals surface area contributed by atoms with Gasteiger partial charge in [-0.1, -0.05) is 28.1 Å². The average Bonchev–Trinajstić information content (AvgIpc) is 2.96. The van der Waals surface area contributed by atoms with Gasteiger partial charge in [0, 0.05) is 13.2 Å². The molecule has 0 bridgehead atoms. The Morgan fingerprint density at radius 3 is 3.10 bits per heavy atom. The molecule has 1 aromatic rings. The second-order valence-corrected chi connectivity index (χ2v) is 5.16. The zero-order valence-electron chi connectivity index (χ0n) is 11.0. The summed E-state index contributed by atoms with van der Waals surface area (Å²) in [4.78, 5) is 11.3. The molecule has 0 unspecified atom stereocenters. The first-order valence-electron chi connectivity index (χ1n) is 6.50. The van der Waals surface area contributed by atoms with Crippen LogP contribution in [0.4, 0.5) is 4.39 Å². The van der Waals surface area contributed by atoms with Gasteiger partial charge in [-0.25, -0.2) is 4.39 Å². The molecule has 0 radical (unpaired) electrons. The number of halogens is 2. The third-order valence-electron chi connectivity index (χ3n) is 3.07. The summed E-state index contributed by atoms with van der Waals surface area (Å²) in [6.45, 7) is 1.52. The van der Waals surface area contributed by atoms with Gasteiger partial charge in [-0.05, 0) is 24.1 Å². The molecule has 2 rings (SSSR count). The van der Waals surface area contributed by atoms with E-state index in [4.69, 9.17) is 9.47 Å². The Bertz CT molecular complexity index is 452. The number of hydrogen-bond acceptors (Lipinski definition) is 3. The Balaban J connectivity index is 2.03. The molecule has 1 fully saturated rings. The van der Waals surface area contributed by atoms with E-state index in [-0.39, 0.29) is 29.3 Å². The number of ether oxygens (including phenoxy) is 2. The third kappa shape index (κ3) is 4.54. The lowest BCUT2D eigenvalue weighted by molar-refractivity contribution is -0.119. The molecule has 1 aliphatic rings. The summed E-state index contributed by atoms with van der Waals surface area (Å²) in [6, 6.07) is 6.25. The van der Waals surface area contributed by atoms with Gasteiger partial charge >= 0.3 is 0 Å². The number of hydrogen-bond donors (Lipinski definition) is 1. The minimum atomic E-state index is -0.375. The topological polar surface area (TPSA) is 47.6 Å². The van der Waals surface area contributed by atoms with Crippen LogP contribution in [0.3, 0.4) is 0 Å². The molecule has 0 aromatic heterocycles. The quantitative estimate of drug-likeness (QED) is 0.804. The molecule has 1 N–H and O–H groups in total. The summed E-state index contributed by atoms with van der Waals surface area (Å²) >= 11 is 3.09. The van der Waals surface area contributed by atoms with E-state index in [0.717, 1.165) is 6.42 Å². The zero-order chi connectivity index (χ0) is 14.4. The van der Waals surface area contributed by atoms with Crippen molar-refractivity contribution in [2.75, 3.05) is 25.1 Å². The Morgan fingerprint density at radius 1 is 1.60 bits per heavy atom. The van der Waals surface area contributed by atoms with Gasteiger partial charge in [-0.3, -0.25) is 4.79 Å². The van der Waals surface area contributed by atoms with E-state index in [1.807, 2.05) is 0 Å². The predicted molar refractivity (Wildman–Crippen MR) is 76.3 cm³/mol. The van der Waals surface area contributed by atoms with E-state index in [2.05, 4.69) is 21.2 Å². The first-order chi connectivity index (χ1) is 9.69. The fourth-order valence-corrected chi connectivity index (χ4v) is 2.26. The van der Waals surface area contributed by atoms with Gasteiger partial charge in [-0.15, -0.1) is 0 Å². The average molecular weight is 346 g/mol. The highest BCUT2D eigenvalue weighted by Crippen LogP contribution is 2.22. The van der Waals surface area contributed by atoms with Crippen LogP contribution < -0.4 is 5.32 Å². The fourth-order valence-electron chi connectivity index (χ4n) is 2.06. The molecule has 20 heavy (non-hydrogen) atoms. The van der Waals surface area contributed by atoms with Crippen molar-refractivity contribution in [3.8, 4) is 0 Å². The summed E-state index contributed by atoms with van der Waals surface area (Å²) in [5, 5.41) is 2.98. The van der Waals surface area contributed by atoms with Gasteiger partial charge in [0.15, 0.2) is 0 Å². The van der Waals surface area contributed by atoms with Crippen LogP contribution >= 0.6 is 15.9 Å². The molecule has 1 aromatic carbocycles. The maximum atomic E-state index is 13.3. The summed E-state index contributed by atoms with van der Waals surface area (Å²) in [5.41, 5.74) is 0.715. The largest absolute Gasteiger partial charge is 0.379 e. The van der Waals surface area contributed by atoms with E-state index in [0.29, 0.717) is 25.3 Å². The van der Waals surface area contributed by atoms with Crippen molar-refractivity contribution >= 4 is 21.8 Å². The molecule has 1 saturated heterocycles. The van der Waals surface area contributed by atoms with Crippen molar-refractivity contribution in [3.63, 3.8) is 0 Å².